The van der Waals surface area contributed by atoms with Crippen LogP contribution < -0.4 is 5.32 Å². The van der Waals surface area contributed by atoms with Gasteiger partial charge in [-0.25, -0.2) is 13.2 Å². The standard InChI is InChI=1S/C20H24N2O5S3/c1-22(30(25,26)14-10-8-13(28-3)9-11-14)12-17(23)21-19-18(20(24)27-2)15-6-4-5-7-16(15)29-19/h8-11H,4-7,12H2,1-3H3,(H,21,23). The molecule has 0 spiro atoms. The van der Waals surface area contributed by atoms with Crippen LogP contribution in [0.25, 0.3) is 0 Å². The number of carbonyl (C=O) groups is 2. The van der Waals surface area contributed by atoms with Gasteiger partial charge < -0.3 is 10.1 Å². The molecule has 0 saturated heterocycles. The van der Waals surface area contributed by atoms with Crippen molar-refractivity contribution in [3.8, 4) is 0 Å². The molecule has 162 valence electrons. The summed E-state index contributed by atoms with van der Waals surface area (Å²) in [5.41, 5.74) is 1.33. The third-order valence-electron chi connectivity index (χ3n) is 4.95. The second-order valence-electron chi connectivity index (χ2n) is 6.89. The monoisotopic (exact) mass is 468 g/mol. The number of benzene rings is 1. The predicted molar refractivity (Wildman–Crippen MR) is 119 cm³/mol. The zero-order valence-corrected chi connectivity index (χ0v) is 19.5. The number of fused-ring (bicyclic) bond motifs is 1. The van der Waals surface area contributed by atoms with E-state index in [9.17, 15) is 18.0 Å². The lowest BCUT2D eigenvalue weighted by molar-refractivity contribution is -0.116. The molecule has 10 heteroatoms. The molecule has 1 aliphatic carbocycles. The van der Waals surface area contributed by atoms with Gasteiger partial charge in [-0.3, -0.25) is 4.79 Å². The smallest absolute Gasteiger partial charge is 0.341 e. The van der Waals surface area contributed by atoms with E-state index in [1.807, 2.05) is 6.26 Å². The summed E-state index contributed by atoms with van der Waals surface area (Å²) in [5.74, 6) is -0.995. The van der Waals surface area contributed by atoms with Crippen molar-refractivity contribution in [3.05, 3.63) is 40.3 Å². The molecule has 7 nitrogen and oxygen atoms in total. The molecule has 3 rings (SSSR count). The zero-order chi connectivity index (χ0) is 21.9. The number of ether oxygens (including phenoxy) is 1. The highest BCUT2D eigenvalue weighted by atomic mass is 32.2. The molecule has 1 N–H and O–H groups in total. The number of amides is 1. The first-order valence-corrected chi connectivity index (χ1v) is 12.9. The highest BCUT2D eigenvalue weighted by Gasteiger charge is 2.28. The summed E-state index contributed by atoms with van der Waals surface area (Å²) in [7, 11) is -1.14. The summed E-state index contributed by atoms with van der Waals surface area (Å²) < 4.78 is 31.4. The van der Waals surface area contributed by atoms with Crippen LogP contribution in [0.5, 0.6) is 0 Å². The van der Waals surface area contributed by atoms with E-state index >= 15 is 0 Å². The Morgan fingerprint density at radius 1 is 1.20 bits per heavy atom. The Bertz CT molecular complexity index is 1050. The molecular formula is C20H24N2O5S3. The summed E-state index contributed by atoms with van der Waals surface area (Å²) in [4.78, 5) is 27.1. The number of hydrogen-bond acceptors (Lipinski definition) is 7. The average molecular weight is 469 g/mol. The molecule has 1 aromatic heterocycles. The Morgan fingerprint density at radius 3 is 2.50 bits per heavy atom. The van der Waals surface area contributed by atoms with Crippen LogP contribution in [0.15, 0.2) is 34.1 Å². The third-order valence-corrected chi connectivity index (χ3v) is 8.72. The SMILES string of the molecule is COC(=O)c1c(NC(=O)CN(C)S(=O)(=O)c2ccc(SC)cc2)sc2c1CCCC2. The molecule has 0 fully saturated rings. The van der Waals surface area contributed by atoms with Crippen molar-refractivity contribution in [2.24, 2.45) is 0 Å². The minimum atomic E-state index is -3.81. The number of nitrogens with one attached hydrogen (secondary N) is 1. The largest absolute Gasteiger partial charge is 0.465 e. The summed E-state index contributed by atoms with van der Waals surface area (Å²) in [5, 5.41) is 3.15. The van der Waals surface area contributed by atoms with Crippen molar-refractivity contribution in [3.63, 3.8) is 0 Å². The van der Waals surface area contributed by atoms with Gasteiger partial charge in [0, 0.05) is 16.8 Å². The Hall–Kier alpha value is -1.88. The van der Waals surface area contributed by atoms with Gasteiger partial charge in [0.25, 0.3) is 0 Å². The number of thioether (sulfide) groups is 1. The number of nitrogens with zero attached hydrogens (tertiary/aromatic N) is 1. The lowest BCUT2D eigenvalue weighted by atomic mass is 9.95. The molecule has 1 aliphatic rings. The number of carbonyl (C=O) groups excluding carboxylic acids is 2. The summed E-state index contributed by atoms with van der Waals surface area (Å²) in [6, 6.07) is 6.50. The van der Waals surface area contributed by atoms with Crippen LogP contribution >= 0.6 is 23.1 Å². The second kappa shape index (κ2) is 9.51. The average Bonchev–Trinajstić information content (AvgIpc) is 3.10. The number of aryl methyl sites for hydroxylation is 1. The highest BCUT2D eigenvalue weighted by Crippen LogP contribution is 2.38. The van der Waals surface area contributed by atoms with Gasteiger partial charge in [-0.15, -0.1) is 23.1 Å². The number of likely N-dealkylation sites (N-methyl/N-ethyl adjacent to an activating group) is 1. The highest BCUT2D eigenvalue weighted by molar-refractivity contribution is 7.98. The van der Waals surface area contributed by atoms with Crippen molar-refractivity contribution < 1.29 is 22.7 Å². The fourth-order valence-corrected chi connectivity index (χ4v) is 6.18. The quantitative estimate of drug-likeness (QED) is 0.495. The van der Waals surface area contributed by atoms with Gasteiger partial charge in [-0.1, -0.05) is 0 Å². The number of methoxy groups -OCH3 is 1. The number of hydrogen-bond donors (Lipinski definition) is 1. The van der Waals surface area contributed by atoms with E-state index in [1.54, 1.807) is 12.1 Å². The summed E-state index contributed by atoms with van der Waals surface area (Å²) in [6.45, 7) is -0.365. The molecule has 1 aromatic carbocycles. The first-order chi connectivity index (χ1) is 14.3. The van der Waals surface area contributed by atoms with Gasteiger partial charge in [0.1, 0.15) is 5.00 Å². The molecular weight excluding hydrogens is 444 g/mol. The minimum absolute atomic E-state index is 0.123. The van der Waals surface area contributed by atoms with Crippen LogP contribution in [0, 0.1) is 0 Å². The van der Waals surface area contributed by atoms with Crippen LogP contribution in [0.1, 0.15) is 33.6 Å². The number of thiophene rings is 1. The Kier molecular flexibility index (Phi) is 7.22. The maximum atomic E-state index is 12.8. The van der Waals surface area contributed by atoms with Crippen molar-refractivity contribution in [2.75, 3.05) is 32.3 Å². The summed E-state index contributed by atoms with van der Waals surface area (Å²) in [6.07, 6.45) is 5.56. The van der Waals surface area contributed by atoms with Crippen LogP contribution in [0.3, 0.4) is 0 Å². The molecule has 0 bridgehead atoms. The van der Waals surface area contributed by atoms with Gasteiger partial charge >= 0.3 is 5.97 Å². The van der Waals surface area contributed by atoms with Crippen molar-refractivity contribution in [1.29, 1.82) is 0 Å². The van der Waals surface area contributed by atoms with Gasteiger partial charge in [-0.05, 0) is 61.8 Å². The van der Waals surface area contributed by atoms with Crippen molar-refractivity contribution in [1.82, 2.24) is 4.31 Å². The van der Waals surface area contributed by atoms with Crippen LogP contribution in [-0.2, 0) is 32.4 Å². The van der Waals surface area contributed by atoms with Crippen molar-refractivity contribution in [2.45, 2.75) is 35.5 Å². The maximum absolute atomic E-state index is 12.8. The second-order valence-corrected chi connectivity index (χ2v) is 10.9. The Labute approximate surface area is 184 Å². The van der Waals surface area contributed by atoms with Crippen LogP contribution in [-0.4, -0.2) is 51.6 Å². The van der Waals surface area contributed by atoms with Crippen molar-refractivity contribution >= 4 is 50.0 Å². The third kappa shape index (κ3) is 4.72. The zero-order valence-electron chi connectivity index (χ0n) is 17.1. The molecule has 1 heterocycles. The fraction of sp³-hybridized carbons (Fsp3) is 0.400. The fourth-order valence-electron chi connectivity index (χ4n) is 3.35. The van der Waals surface area contributed by atoms with Gasteiger partial charge in [-0.2, -0.15) is 4.31 Å². The molecule has 0 radical (unpaired) electrons. The first kappa shape index (κ1) is 22.8. The van der Waals surface area contributed by atoms with E-state index in [2.05, 4.69) is 5.32 Å². The van der Waals surface area contributed by atoms with E-state index < -0.39 is 21.9 Å². The Morgan fingerprint density at radius 2 is 1.87 bits per heavy atom. The minimum Gasteiger partial charge on any atom is -0.465 e. The van der Waals surface area contributed by atoms with Gasteiger partial charge in [0.15, 0.2) is 0 Å². The summed E-state index contributed by atoms with van der Waals surface area (Å²) >= 11 is 2.88. The van der Waals surface area contributed by atoms with Gasteiger partial charge in [0.05, 0.1) is 24.1 Å². The molecule has 0 atom stereocenters. The molecule has 0 aliphatic heterocycles. The topological polar surface area (TPSA) is 92.8 Å². The lowest BCUT2D eigenvalue weighted by Crippen LogP contribution is -2.35. The molecule has 0 unspecified atom stereocenters. The van der Waals surface area contributed by atoms with Gasteiger partial charge in [0.2, 0.25) is 15.9 Å². The van der Waals surface area contributed by atoms with E-state index in [0.29, 0.717) is 10.6 Å². The molecule has 2 aromatic rings. The number of anilines is 1. The lowest BCUT2D eigenvalue weighted by Gasteiger charge is -2.17. The van der Waals surface area contributed by atoms with E-state index in [0.717, 1.165) is 45.3 Å². The van der Waals surface area contributed by atoms with E-state index in [1.165, 1.54) is 49.4 Å². The van der Waals surface area contributed by atoms with Crippen LogP contribution in [0.2, 0.25) is 0 Å². The van der Waals surface area contributed by atoms with E-state index in [4.69, 9.17) is 4.74 Å². The number of rotatable bonds is 7. The van der Waals surface area contributed by atoms with E-state index in [-0.39, 0.29) is 11.4 Å². The van der Waals surface area contributed by atoms with Crippen LogP contribution in [0.4, 0.5) is 5.00 Å². The predicted octanol–water partition coefficient (Wildman–Crippen LogP) is 3.39. The molecule has 1 amide bonds. The Balaban J connectivity index is 1.76. The maximum Gasteiger partial charge on any atom is 0.341 e. The molecule has 0 saturated carbocycles. The first-order valence-electron chi connectivity index (χ1n) is 9.41. The number of sulfonamides is 1. The molecule has 30 heavy (non-hydrogen) atoms. The normalized spacial score (nSPS) is 13.7. The number of esters is 1.